The summed E-state index contributed by atoms with van der Waals surface area (Å²) in [6, 6.07) is 11.3. The van der Waals surface area contributed by atoms with E-state index in [1.807, 2.05) is 30.3 Å². The highest BCUT2D eigenvalue weighted by molar-refractivity contribution is 6.09. The van der Waals surface area contributed by atoms with Gasteiger partial charge < -0.3 is 20.1 Å². The van der Waals surface area contributed by atoms with E-state index in [1.54, 1.807) is 25.6 Å². The molecule has 1 unspecified atom stereocenters. The molecule has 1 aliphatic carbocycles. The highest BCUT2D eigenvalue weighted by Gasteiger charge is 2.35. The molecule has 0 bridgehead atoms. The number of pyridine rings is 1. The van der Waals surface area contributed by atoms with Crippen molar-refractivity contribution in [3.63, 3.8) is 0 Å². The van der Waals surface area contributed by atoms with Crippen LogP contribution in [0.1, 0.15) is 22.5 Å². The van der Waals surface area contributed by atoms with Gasteiger partial charge in [0.05, 0.1) is 36.2 Å². The molecule has 2 aromatic heterocycles. The summed E-state index contributed by atoms with van der Waals surface area (Å²) in [5.41, 5.74) is 4.00. The molecule has 142 valence electrons. The van der Waals surface area contributed by atoms with E-state index in [0.717, 1.165) is 11.3 Å². The van der Waals surface area contributed by atoms with Crippen molar-refractivity contribution < 1.29 is 19.4 Å². The molecule has 3 N–H and O–H groups in total. The number of carbonyl (C=O) groups is 2. The van der Waals surface area contributed by atoms with Crippen LogP contribution in [-0.2, 0) is 11.2 Å². The Balaban J connectivity index is 1.89. The second-order valence-corrected chi connectivity index (χ2v) is 6.66. The van der Waals surface area contributed by atoms with Gasteiger partial charge in [0, 0.05) is 36.0 Å². The number of H-pyrrole nitrogens is 1. The van der Waals surface area contributed by atoms with E-state index in [1.165, 1.54) is 0 Å². The van der Waals surface area contributed by atoms with Crippen LogP contribution in [0, 0.1) is 5.92 Å². The standard InChI is InChI=1S/C21H19N3O4/c1-28-17-11-22-8-7-14(17)19-20(23-13-5-3-2-4-6-13)18-15(24-19)9-12(21(26)27)10-16(18)25/h2-8,11-12,23-24H,9-10H2,1H3,(H,26,27). The van der Waals surface area contributed by atoms with Crippen LogP contribution in [0.4, 0.5) is 11.4 Å². The van der Waals surface area contributed by atoms with E-state index in [4.69, 9.17) is 4.74 Å². The van der Waals surface area contributed by atoms with Crippen LogP contribution in [0.3, 0.4) is 0 Å². The Morgan fingerprint density at radius 3 is 2.75 bits per heavy atom. The largest absolute Gasteiger partial charge is 0.494 e. The molecule has 28 heavy (non-hydrogen) atoms. The number of carboxylic acids is 1. The van der Waals surface area contributed by atoms with Crippen molar-refractivity contribution in [1.29, 1.82) is 0 Å². The molecule has 0 aliphatic heterocycles. The van der Waals surface area contributed by atoms with Gasteiger partial charge in [0.15, 0.2) is 5.78 Å². The summed E-state index contributed by atoms with van der Waals surface area (Å²) in [6.45, 7) is 0. The van der Waals surface area contributed by atoms with E-state index < -0.39 is 11.9 Å². The third-order valence-electron chi connectivity index (χ3n) is 4.90. The number of anilines is 2. The zero-order chi connectivity index (χ0) is 19.7. The number of nitrogens with one attached hydrogen (secondary N) is 2. The molecule has 7 nitrogen and oxygen atoms in total. The fourth-order valence-corrected chi connectivity index (χ4v) is 3.57. The Morgan fingerprint density at radius 2 is 2.04 bits per heavy atom. The Labute approximate surface area is 161 Å². The highest BCUT2D eigenvalue weighted by atomic mass is 16.5. The van der Waals surface area contributed by atoms with Crippen LogP contribution in [0.5, 0.6) is 5.75 Å². The second kappa shape index (κ2) is 7.19. The van der Waals surface area contributed by atoms with Gasteiger partial charge in [-0.25, -0.2) is 0 Å². The number of aliphatic carboxylic acids is 1. The van der Waals surface area contributed by atoms with Crippen LogP contribution in [0.25, 0.3) is 11.3 Å². The number of fused-ring (bicyclic) bond motifs is 1. The average molecular weight is 377 g/mol. The molecule has 0 fully saturated rings. The first-order chi connectivity index (χ1) is 13.6. The number of benzene rings is 1. The molecule has 4 rings (SSSR count). The molecule has 3 aromatic rings. The van der Waals surface area contributed by atoms with E-state index in [-0.39, 0.29) is 18.6 Å². The molecule has 1 aliphatic rings. The summed E-state index contributed by atoms with van der Waals surface area (Å²) in [5, 5.41) is 12.7. The molecule has 0 saturated carbocycles. The Morgan fingerprint density at radius 1 is 1.25 bits per heavy atom. The van der Waals surface area contributed by atoms with Gasteiger partial charge in [0.2, 0.25) is 0 Å². The van der Waals surface area contributed by atoms with E-state index in [0.29, 0.717) is 28.4 Å². The summed E-state index contributed by atoms with van der Waals surface area (Å²) in [5.74, 6) is -1.33. The third-order valence-corrected chi connectivity index (χ3v) is 4.90. The summed E-state index contributed by atoms with van der Waals surface area (Å²) in [4.78, 5) is 31.7. The van der Waals surface area contributed by atoms with Gasteiger partial charge in [0.25, 0.3) is 0 Å². The number of Topliss-reactive ketones (excluding diaryl/α,β-unsaturated/α-hetero) is 1. The molecular weight excluding hydrogens is 358 g/mol. The zero-order valence-corrected chi connectivity index (χ0v) is 15.2. The quantitative estimate of drug-likeness (QED) is 0.627. The smallest absolute Gasteiger partial charge is 0.307 e. The summed E-state index contributed by atoms with van der Waals surface area (Å²) >= 11 is 0. The van der Waals surface area contributed by atoms with Gasteiger partial charge in [-0.1, -0.05) is 18.2 Å². The molecule has 0 amide bonds. The number of hydrogen-bond donors (Lipinski definition) is 3. The molecule has 0 spiro atoms. The first-order valence-electron chi connectivity index (χ1n) is 8.89. The minimum absolute atomic E-state index is 0.0173. The van der Waals surface area contributed by atoms with Gasteiger partial charge in [-0.05, 0) is 18.2 Å². The molecule has 0 radical (unpaired) electrons. The SMILES string of the molecule is COc1cnccc1-c1[nH]c2c(c1Nc1ccccc1)C(=O)CC(C(=O)O)C2. The fraction of sp³-hybridized carbons (Fsp3) is 0.190. The first-order valence-corrected chi connectivity index (χ1v) is 8.89. The summed E-state index contributed by atoms with van der Waals surface area (Å²) in [7, 11) is 1.55. The van der Waals surface area contributed by atoms with Crippen molar-refractivity contribution in [2.24, 2.45) is 5.92 Å². The summed E-state index contributed by atoms with van der Waals surface area (Å²) < 4.78 is 5.43. The van der Waals surface area contributed by atoms with Crippen molar-refractivity contribution in [3.8, 4) is 17.0 Å². The van der Waals surface area contributed by atoms with Crippen molar-refractivity contribution in [1.82, 2.24) is 9.97 Å². The number of rotatable bonds is 5. The minimum atomic E-state index is -0.964. The predicted octanol–water partition coefficient (Wildman–Crippen LogP) is 3.66. The Hall–Kier alpha value is -3.61. The first kappa shape index (κ1) is 17.8. The Kier molecular flexibility index (Phi) is 4.57. The van der Waals surface area contributed by atoms with Gasteiger partial charge in [-0.15, -0.1) is 0 Å². The number of carbonyl (C=O) groups excluding carboxylic acids is 1. The lowest BCUT2D eigenvalue weighted by Crippen LogP contribution is -2.26. The second-order valence-electron chi connectivity index (χ2n) is 6.66. The van der Waals surface area contributed by atoms with Gasteiger partial charge in [-0.3, -0.25) is 14.6 Å². The molecule has 7 heteroatoms. The number of aromatic amines is 1. The number of hydrogen-bond acceptors (Lipinski definition) is 5. The topological polar surface area (TPSA) is 104 Å². The Bertz CT molecular complexity index is 1040. The van der Waals surface area contributed by atoms with E-state index in [2.05, 4.69) is 15.3 Å². The number of ketones is 1. The predicted molar refractivity (Wildman–Crippen MR) is 104 cm³/mol. The van der Waals surface area contributed by atoms with Gasteiger partial charge in [0.1, 0.15) is 5.75 Å². The number of ether oxygens (including phenoxy) is 1. The number of methoxy groups -OCH3 is 1. The maximum Gasteiger partial charge on any atom is 0.307 e. The summed E-state index contributed by atoms with van der Waals surface area (Å²) in [6.07, 6.45) is 3.50. The molecule has 2 heterocycles. The van der Waals surface area contributed by atoms with Gasteiger partial charge >= 0.3 is 5.97 Å². The number of aromatic nitrogens is 2. The normalized spacial score (nSPS) is 15.8. The average Bonchev–Trinajstić information content (AvgIpc) is 3.07. The van der Waals surface area contributed by atoms with Crippen molar-refractivity contribution >= 4 is 23.1 Å². The molecule has 1 aromatic carbocycles. The number of nitrogens with zero attached hydrogens (tertiary/aromatic N) is 1. The molecular formula is C21H19N3O4. The maximum atomic E-state index is 12.8. The maximum absolute atomic E-state index is 12.8. The highest BCUT2D eigenvalue weighted by Crippen LogP contribution is 2.42. The molecule has 0 saturated heterocycles. The molecule has 1 atom stereocenters. The van der Waals surface area contributed by atoms with E-state index >= 15 is 0 Å². The van der Waals surface area contributed by atoms with Gasteiger partial charge in [-0.2, -0.15) is 0 Å². The number of carboxylic acid groups (broad SMARTS) is 1. The van der Waals surface area contributed by atoms with Crippen molar-refractivity contribution in [2.45, 2.75) is 12.8 Å². The zero-order valence-electron chi connectivity index (χ0n) is 15.2. The number of para-hydroxylation sites is 1. The van der Waals surface area contributed by atoms with Crippen LogP contribution in [0.15, 0.2) is 48.8 Å². The van der Waals surface area contributed by atoms with Crippen LogP contribution in [-0.4, -0.2) is 33.9 Å². The van der Waals surface area contributed by atoms with E-state index in [9.17, 15) is 14.7 Å². The monoisotopic (exact) mass is 377 g/mol. The lowest BCUT2D eigenvalue weighted by atomic mass is 9.86. The lowest BCUT2D eigenvalue weighted by molar-refractivity contribution is -0.141. The van der Waals surface area contributed by atoms with Crippen molar-refractivity contribution in [2.75, 3.05) is 12.4 Å². The minimum Gasteiger partial charge on any atom is -0.494 e. The lowest BCUT2D eigenvalue weighted by Gasteiger charge is -2.18. The van der Waals surface area contributed by atoms with Crippen LogP contribution in [0.2, 0.25) is 0 Å². The third kappa shape index (κ3) is 3.11. The van der Waals surface area contributed by atoms with Crippen LogP contribution < -0.4 is 10.1 Å². The van der Waals surface area contributed by atoms with Crippen molar-refractivity contribution in [3.05, 3.63) is 60.0 Å². The fourth-order valence-electron chi connectivity index (χ4n) is 3.57. The van der Waals surface area contributed by atoms with Crippen LogP contribution >= 0.6 is 0 Å².